The fourth-order valence-corrected chi connectivity index (χ4v) is 2.82. The van der Waals surface area contributed by atoms with Gasteiger partial charge < -0.3 is 9.47 Å². The predicted octanol–water partition coefficient (Wildman–Crippen LogP) is 1.32. The van der Waals surface area contributed by atoms with Gasteiger partial charge in [0, 0.05) is 18.2 Å². The molecule has 2 heterocycles. The molecule has 1 aromatic carbocycles. The molecular weight excluding hydrogens is 312 g/mol. The summed E-state index contributed by atoms with van der Waals surface area (Å²) in [5.41, 5.74) is -0.478. The second kappa shape index (κ2) is 6.84. The summed E-state index contributed by atoms with van der Waals surface area (Å²) in [6.45, 7) is 2.06. The van der Waals surface area contributed by atoms with Crippen LogP contribution >= 0.6 is 0 Å². The summed E-state index contributed by atoms with van der Waals surface area (Å²) in [5.74, 6) is -0.356. The number of aromatic nitrogens is 2. The first-order chi connectivity index (χ1) is 11.5. The van der Waals surface area contributed by atoms with Crippen molar-refractivity contribution in [1.29, 1.82) is 0 Å². The molecule has 7 heteroatoms. The smallest absolute Gasteiger partial charge is 0.338 e. The maximum atomic E-state index is 12.0. The number of hydrogen-bond acceptors (Lipinski definition) is 5. The first-order valence-corrected chi connectivity index (χ1v) is 7.73. The number of ether oxygens (including phenoxy) is 2. The van der Waals surface area contributed by atoms with E-state index in [0.717, 1.165) is 0 Å². The van der Waals surface area contributed by atoms with Gasteiger partial charge in [-0.2, -0.15) is 0 Å². The van der Waals surface area contributed by atoms with Gasteiger partial charge in [-0.05, 0) is 18.6 Å². The van der Waals surface area contributed by atoms with E-state index in [2.05, 4.69) is 4.98 Å². The molecule has 1 aliphatic rings. The normalized spacial score (nSPS) is 23.1. The van der Waals surface area contributed by atoms with E-state index >= 15 is 0 Å². The largest absolute Gasteiger partial charge is 0.459 e. The van der Waals surface area contributed by atoms with Gasteiger partial charge in [-0.3, -0.25) is 14.3 Å². The van der Waals surface area contributed by atoms with Crippen molar-refractivity contribution >= 4 is 5.97 Å². The van der Waals surface area contributed by atoms with Crippen LogP contribution in [-0.4, -0.2) is 28.2 Å². The lowest BCUT2D eigenvalue weighted by Crippen LogP contribution is -2.33. The van der Waals surface area contributed by atoms with E-state index in [4.69, 9.17) is 9.47 Å². The quantitative estimate of drug-likeness (QED) is 0.854. The van der Waals surface area contributed by atoms with E-state index in [9.17, 15) is 14.4 Å². The summed E-state index contributed by atoms with van der Waals surface area (Å²) in [6.07, 6.45) is 1.28. The van der Waals surface area contributed by atoms with Gasteiger partial charge in [-0.25, -0.2) is 9.59 Å². The average molecular weight is 330 g/mol. The highest BCUT2D eigenvalue weighted by atomic mass is 16.6. The fourth-order valence-electron chi connectivity index (χ4n) is 2.82. The number of carbonyl (C=O) groups is 1. The molecule has 0 radical (unpaired) electrons. The van der Waals surface area contributed by atoms with E-state index in [0.29, 0.717) is 12.0 Å². The zero-order chi connectivity index (χ0) is 17.1. The average Bonchev–Trinajstić information content (AvgIpc) is 2.94. The van der Waals surface area contributed by atoms with Gasteiger partial charge in [-0.15, -0.1) is 0 Å². The molecule has 2 aromatic rings. The topological polar surface area (TPSA) is 90.4 Å². The van der Waals surface area contributed by atoms with Crippen LogP contribution in [0.2, 0.25) is 0 Å². The molecule has 0 bridgehead atoms. The molecule has 0 spiro atoms. The minimum atomic E-state index is -0.513. The lowest BCUT2D eigenvalue weighted by molar-refractivity contribution is -0.0411. The highest BCUT2D eigenvalue weighted by Gasteiger charge is 2.34. The van der Waals surface area contributed by atoms with Gasteiger partial charge >= 0.3 is 11.7 Å². The first-order valence-electron chi connectivity index (χ1n) is 7.73. The van der Waals surface area contributed by atoms with E-state index in [1.54, 1.807) is 24.3 Å². The van der Waals surface area contributed by atoms with Crippen LogP contribution in [0.3, 0.4) is 0 Å². The van der Waals surface area contributed by atoms with E-state index in [1.165, 1.54) is 16.8 Å². The summed E-state index contributed by atoms with van der Waals surface area (Å²) in [7, 11) is 0. The van der Waals surface area contributed by atoms with Crippen LogP contribution in [0.15, 0.2) is 52.2 Å². The minimum Gasteiger partial charge on any atom is -0.459 e. The van der Waals surface area contributed by atoms with Crippen molar-refractivity contribution in [2.45, 2.75) is 25.7 Å². The molecule has 1 saturated heterocycles. The minimum absolute atomic E-state index is 0.0500. The third-order valence-electron chi connectivity index (χ3n) is 3.99. The number of hydrogen-bond donors (Lipinski definition) is 1. The Hall–Kier alpha value is -2.67. The molecule has 1 unspecified atom stereocenters. The summed E-state index contributed by atoms with van der Waals surface area (Å²) in [6, 6.07) is 10.0. The van der Waals surface area contributed by atoms with Crippen molar-refractivity contribution in [2.24, 2.45) is 5.92 Å². The van der Waals surface area contributed by atoms with Crippen LogP contribution in [0.25, 0.3) is 0 Å². The van der Waals surface area contributed by atoms with Gasteiger partial charge in [0.2, 0.25) is 0 Å². The monoisotopic (exact) mass is 330 g/mol. The summed E-state index contributed by atoms with van der Waals surface area (Å²) in [4.78, 5) is 37.2. The Morgan fingerprint density at radius 1 is 1.29 bits per heavy atom. The lowest BCUT2D eigenvalue weighted by Gasteiger charge is -2.17. The number of carbonyl (C=O) groups excluding carboxylic acids is 1. The zero-order valence-electron chi connectivity index (χ0n) is 13.2. The summed E-state index contributed by atoms with van der Waals surface area (Å²) in [5, 5.41) is 0. The van der Waals surface area contributed by atoms with Crippen molar-refractivity contribution in [1.82, 2.24) is 9.55 Å². The molecular formula is C17H18N2O5. The highest BCUT2D eigenvalue weighted by molar-refractivity contribution is 5.89. The Morgan fingerprint density at radius 2 is 2.04 bits per heavy atom. The van der Waals surface area contributed by atoms with Gasteiger partial charge in [0.1, 0.15) is 12.8 Å². The van der Waals surface area contributed by atoms with Gasteiger partial charge in [-0.1, -0.05) is 25.1 Å². The van der Waals surface area contributed by atoms with Crippen LogP contribution in [-0.2, 0) is 9.47 Å². The molecule has 1 N–H and O–H groups in total. The van der Waals surface area contributed by atoms with Crippen molar-refractivity contribution in [2.75, 3.05) is 6.61 Å². The second-order valence-electron chi connectivity index (χ2n) is 5.84. The molecule has 7 nitrogen and oxygen atoms in total. The number of nitrogens with zero attached hydrogens (tertiary/aromatic N) is 1. The molecule has 1 aromatic heterocycles. The van der Waals surface area contributed by atoms with Crippen molar-refractivity contribution < 1.29 is 14.3 Å². The highest BCUT2D eigenvalue weighted by Crippen LogP contribution is 2.33. The molecule has 0 aliphatic carbocycles. The Balaban J connectivity index is 1.63. The molecule has 3 rings (SSSR count). The second-order valence-corrected chi connectivity index (χ2v) is 5.84. The van der Waals surface area contributed by atoms with Gasteiger partial charge in [0.25, 0.3) is 5.56 Å². The molecule has 3 atom stereocenters. The predicted molar refractivity (Wildman–Crippen MR) is 85.7 cm³/mol. The van der Waals surface area contributed by atoms with Gasteiger partial charge in [0.05, 0.1) is 11.7 Å². The molecule has 0 amide bonds. The van der Waals surface area contributed by atoms with Crippen LogP contribution < -0.4 is 11.2 Å². The number of nitrogens with one attached hydrogen (secondary N) is 1. The lowest BCUT2D eigenvalue weighted by atomic mass is 10.1. The summed E-state index contributed by atoms with van der Waals surface area (Å²) >= 11 is 0. The number of esters is 1. The standard InChI is InChI=1S/C17H18N2O5/c1-11-9-13(10-23-16(21)12-5-3-2-4-6-12)24-15(11)19-8-7-14(20)18-17(19)22/h2-8,11,13,15H,9-10H2,1H3,(H,18,20,22)/t11-,13-,15?/m0/s1. The fraction of sp³-hybridized carbons (Fsp3) is 0.353. The Morgan fingerprint density at radius 3 is 2.75 bits per heavy atom. The maximum Gasteiger partial charge on any atom is 0.338 e. The van der Waals surface area contributed by atoms with Crippen LogP contribution in [0.4, 0.5) is 0 Å². The zero-order valence-corrected chi connectivity index (χ0v) is 13.2. The third-order valence-corrected chi connectivity index (χ3v) is 3.99. The summed E-state index contributed by atoms with van der Waals surface area (Å²) < 4.78 is 12.5. The molecule has 1 fully saturated rings. The number of aromatic amines is 1. The molecule has 1 aliphatic heterocycles. The first kappa shape index (κ1) is 16.2. The van der Waals surface area contributed by atoms with E-state index in [1.807, 2.05) is 13.0 Å². The Kier molecular flexibility index (Phi) is 4.61. The Labute approximate surface area is 137 Å². The van der Waals surface area contributed by atoms with E-state index in [-0.39, 0.29) is 18.6 Å². The van der Waals surface area contributed by atoms with E-state index < -0.39 is 23.4 Å². The van der Waals surface area contributed by atoms with Crippen LogP contribution in [0.5, 0.6) is 0 Å². The molecule has 24 heavy (non-hydrogen) atoms. The molecule has 0 saturated carbocycles. The van der Waals surface area contributed by atoms with Crippen molar-refractivity contribution in [3.8, 4) is 0 Å². The number of H-pyrrole nitrogens is 1. The number of benzene rings is 1. The van der Waals surface area contributed by atoms with Crippen molar-refractivity contribution in [3.63, 3.8) is 0 Å². The van der Waals surface area contributed by atoms with Crippen molar-refractivity contribution in [3.05, 3.63) is 69.0 Å². The number of rotatable bonds is 4. The maximum absolute atomic E-state index is 12.0. The van der Waals surface area contributed by atoms with Crippen LogP contribution in [0.1, 0.15) is 29.9 Å². The van der Waals surface area contributed by atoms with Gasteiger partial charge in [0.15, 0.2) is 0 Å². The SMILES string of the molecule is C[C@H]1C[C@@H](COC(=O)c2ccccc2)OC1n1ccc(=O)[nH]c1=O. The third kappa shape index (κ3) is 3.46. The van der Waals surface area contributed by atoms with Crippen LogP contribution in [0, 0.1) is 5.92 Å². The molecule has 126 valence electrons. The Bertz CT molecular complexity index is 827.